The molecule has 6 nitrogen and oxygen atoms in total. The molecule has 4 N–H and O–H groups in total. The van der Waals surface area contributed by atoms with Crippen LogP contribution in [-0.2, 0) is 0 Å². The van der Waals surface area contributed by atoms with Gasteiger partial charge in [-0.3, -0.25) is 4.79 Å². The van der Waals surface area contributed by atoms with Crippen molar-refractivity contribution in [3.63, 3.8) is 0 Å². The van der Waals surface area contributed by atoms with E-state index < -0.39 is 5.91 Å². The first-order valence-electron chi connectivity index (χ1n) is 6.17. The molecule has 0 spiro atoms. The van der Waals surface area contributed by atoms with Gasteiger partial charge in [0, 0.05) is 11.8 Å². The number of phenolic OH excluding ortho intramolecular Hbond substituents is 1. The van der Waals surface area contributed by atoms with Gasteiger partial charge in [-0.05, 0) is 30.3 Å². The highest BCUT2D eigenvalue weighted by Crippen LogP contribution is 2.29. The van der Waals surface area contributed by atoms with Crippen molar-refractivity contribution in [2.24, 2.45) is 0 Å². The number of hydrogen-bond acceptors (Lipinski definition) is 5. The van der Waals surface area contributed by atoms with Crippen LogP contribution in [0, 0.1) is 0 Å². The van der Waals surface area contributed by atoms with Gasteiger partial charge in [-0.1, -0.05) is 0 Å². The maximum absolute atomic E-state index is 12.2. The summed E-state index contributed by atoms with van der Waals surface area (Å²) in [4.78, 5) is 12.2. The van der Waals surface area contributed by atoms with Gasteiger partial charge in [0.25, 0.3) is 5.91 Å². The molecular weight excluding hydrogens is 272 g/mol. The molecule has 0 aliphatic heterocycles. The number of benzene rings is 2. The molecule has 0 radical (unpaired) electrons. The first kappa shape index (κ1) is 14.5. The Bertz CT molecular complexity index is 671. The summed E-state index contributed by atoms with van der Waals surface area (Å²) >= 11 is 0. The van der Waals surface area contributed by atoms with E-state index in [0.29, 0.717) is 22.9 Å². The van der Waals surface area contributed by atoms with E-state index >= 15 is 0 Å². The van der Waals surface area contributed by atoms with Gasteiger partial charge < -0.3 is 25.6 Å². The normalized spacial score (nSPS) is 10.0. The summed E-state index contributed by atoms with van der Waals surface area (Å²) in [7, 11) is 2.96. The van der Waals surface area contributed by atoms with Crippen molar-refractivity contribution in [1.29, 1.82) is 0 Å². The average Bonchev–Trinajstić information content (AvgIpc) is 2.49. The Morgan fingerprint density at radius 3 is 2.57 bits per heavy atom. The number of amides is 1. The van der Waals surface area contributed by atoms with Crippen LogP contribution in [0.4, 0.5) is 11.4 Å². The van der Waals surface area contributed by atoms with Crippen LogP contribution >= 0.6 is 0 Å². The fourth-order valence-electron chi connectivity index (χ4n) is 1.82. The van der Waals surface area contributed by atoms with E-state index in [9.17, 15) is 9.90 Å². The molecule has 0 saturated carbocycles. The van der Waals surface area contributed by atoms with E-state index in [2.05, 4.69) is 5.32 Å². The van der Waals surface area contributed by atoms with Gasteiger partial charge in [0.1, 0.15) is 17.2 Å². The van der Waals surface area contributed by atoms with Crippen molar-refractivity contribution >= 4 is 17.3 Å². The summed E-state index contributed by atoms with van der Waals surface area (Å²) in [6.07, 6.45) is 0. The number of carbonyl (C=O) groups is 1. The number of hydrogen-bond donors (Lipinski definition) is 3. The molecule has 21 heavy (non-hydrogen) atoms. The Labute approximate surface area is 122 Å². The third-order valence-electron chi connectivity index (χ3n) is 2.92. The minimum absolute atomic E-state index is 0.105. The Balaban J connectivity index is 2.30. The lowest BCUT2D eigenvalue weighted by Crippen LogP contribution is -2.13. The molecule has 1 amide bonds. The van der Waals surface area contributed by atoms with Crippen LogP contribution in [0.25, 0.3) is 0 Å². The van der Waals surface area contributed by atoms with E-state index in [1.165, 1.54) is 26.4 Å². The van der Waals surface area contributed by atoms with Crippen LogP contribution in [0.1, 0.15) is 10.4 Å². The van der Waals surface area contributed by atoms with Crippen LogP contribution in [0.5, 0.6) is 17.2 Å². The lowest BCUT2D eigenvalue weighted by atomic mass is 10.1. The predicted octanol–water partition coefficient (Wildman–Crippen LogP) is 2.24. The molecule has 0 atom stereocenters. The maximum atomic E-state index is 12.2. The largest absolute Gasteiger partial charge is 0.507 e. The molecule has 0 saturated heterocycles. The summed E-state index contributed by atoms with van der Waals surface area (Å²) in [5.74, 6) is 0.296. The number of nitrogens with two attached hydrogens (primary N) is 1. The fraction of sp³-hybridized carbons (Fsp3) is 0.133. The number of nitrogen functional groups attached to an aromatic ring is 1. The van der Waals surface area contributed by atoms with E-state index in [0.717, 1.165) is 0 Å². The lowest BCUT2D eigenvalue weighted by molar-refractivity contribution is 0.102. The maximum Gasteiger partial charge on any atom is 0.259 e. The van der Waals surface area contributed by atoms with E-state index in [4.69, 9.17) is 15.2 Å². The zero-order valence-corrected chi connectivity index (χ0v) is 11.7. The number of ether oxygens (including phenoxy) is 2. The Morgan fingerprint density at radius 2 is 1.90 bits per heavy atom. The molecular formula is C15H16N2O4. The number of methoxy groups -OCH3 is 2. The lowest BCUT2D eigenvalue weighted by Gasteiger charge is -2.12. The Kier molecular flexibility index (Phi) is 4.18. The van der Waals surface area contributed by atoms with Crippen molar-refractivity contribution < 1.29 is 19.4 Å². The molecule has 0 aliphatic rings. The fourth-order valence-corrected chi connectivity index (χ4v) is 1.82. The number of carbonyl (C=O) groups excluding carboxylic acids is 1. The molecule has 0 bridgehead atoms. The Hall–Kier alpha value is -2.89. The standard InChI is InChI=1S/C15H16N2O4/c1-20-10-4-6-13(18)11(8-10)15(19)17-12-5-3-9(16)7-14(12)21-2/h3-8,18H,16H2,1-2H3,(H,17,19). The monoisotopic (exact) mass is 288 g/mol. The van der Waals surface area contributed by atoms with Gasteiger partial charge in [-0.25, -0.2) is 0 Å². The number of rotatable bonds is 4. The smallest absolute Gasteiger partial charge is 0.259 e. The SMILES string of the molecule is COc1ccc(O)c(C(=O)Nc2ccc(N)cc2OC)c1. The minimum Gasteiger partial charge on any atom is -0.507 e. The van der Waals surface area contributed by atoms with Crippen LogP contribution in [-0.4, -0.2) is 25.2 Å². The second kappa shape index (κ2) is 6.04. The van der Waals surface area contributed by atoms with Crippen molar-refractivity contribution in [2.45, 2.75) is 0 Å². The summed E-state index contributed by atoms with van der Waals surface area (Å²) in [5, 5.41) is 12.4. The van der Waals surface area contributed by atoms with Crippen LogP contribution in [0.15, 0.2) is 36.4 Å². The van der Waals surface area contributed by atoms with Gasteiger partial charge in [0.05, 0.1) is 25.5 Å². The molecule has 2 aromatic rings. The molecule has 0 aliphatic carbocycles. The van der Waals surface area contributed by atoms with Crippen molar-refractivity contribution in [2.75, 3.05) is 25.3 Å². The van der Waals surface area contributed by atoms with Gasteiger partial charge in [-0.2, -0.15) is 0 Å². The van der Waals surface area contributed by atoms with Gasteiger partial charge in [-0.15, -0.1) is 0 Å². The zero-order valence-electron chi connectivity index (χ0n) is 11.7. The van der Waals surface area contributed by atoms with Gasteiger partial charge in [0.2, 0.25) is 0 Å². The second-order valence-electron chi connectivity index (χ2n) is 4.30. The first-order chi connectivity index (χ1) is 10.0. The number of aromatic hydroxyl groups is 1. The minimum atomic E-state index is -0.477. The molecule has 0 fully saturated rings. The van der Waals surface area contributed by atoms with Gasteiger partial charge in [0.15, 0.2) is 0 Å². The number of anilines is 2. The van der Waals surface area contributed by atoms with Crippen molar-refractivity contribution in [3.8, 4) is 17.2 Å². The highest BCUT2D eigenvalue weighted by Gasteiger charge is 2.14. The van der Waals surface area contributed by atoms with Crippen LogP contribution < -0.4 is 20.5 Å². The number of nitrogens with one attached hydrogen (secondary N) is 1. The van der Waals surface area contributed by atoms with Crippen LogP contribution in [0.2, 0.25) is 0 Å². The molecule has 0 heterocycles. The van der Waals surface area contributed by atoms with E-state index in [-0.39, 0.29) is 11.3 Å². The average molecular weight is 288 g/mol. The molecule has 2 rings (SSSR count). The molecule has 110 valence electrons. The third kappa shape index (κ3) is 3.17. The number of phenols is 1. The first-order valence-corrected chi connectivity index (χ1v) is 6.17. The summed E-state index contributed by atoms with van der Waals surface area (Å²) in [6.45, 7) is 0. The highest BCUT2D eigenvalue weighted by atomic mass is 16.5. The van der Waals surface area contributed by atoms with Crippen LogP contribution in [0.3, 0.4) is 0 Å². The summed E-state index contributed by atoms with van der Waals surface area (Å²) in [6, 6.07) is 9.28. The topological polar surface area (TPSA) is 93.8 Å². The molecule has 0 aromatic heterocycles. The Morgan fingerprint density at radius 1 is 1.14 bits per heavy atom. The predicted molar refractivity (Wildman–Crippen MR) is 80.0 cm³/mol. The quantitative estimate of drug-likeness (QED) is 0.750. The van der Waals surface area contributed by atoms with E-state index in [1.54, 1.807) is 24.3 Å². The second-order valence-corrected chi connectivity index (χ2v) is 4.30. The summed E-state index contributed by atoms with van der Waals surface area (Å²) < 4.78 is 10.2. The van der Waals surface area contributed by atoms with Crippen molar-refractivity contribution in [3.05, 3.63) is 42.0 Å². The molecule has 2 aromatic carbocycles. The third-order valence-corrected chi connectivity index (χ3v) is 2.92. The van der Waals surface area contributed by atoms with Crippen molar-refractivity contribution in [1.82, 2.24) is 0 Å². The zero-order chi connectivity index (χ0) is 15.4. The highest BCUT2D eigenvalue weighted by molar-refractivity contribution is 6.07. The molecule has 0 unspecified atom stereocenters. The van der Waals surface area contributed by atoms with E-state index in [1.807, 2.05) is 0 Å². The van der Waals surface area contributed by atoms with Gasteiger partial charge >= 0.3 is 0 Å². The molecule has 6 heteroatoms. The summed E-state index contributed by atoms with van der Waals surface area (Å²) in [5.41, 5.74) is 6.74.